The van der Waals surface area contributed by atoms with Crippen molar-refractivity contribution in [1.29, 1.82) is 0 Å². The van der Waals surface area contributed by atoms with Crippen molar-refractivity contribution in [2.75, 3.05) is 6.61 Å². The highest BCUT2D eigenvalue weighted by molar-refractivity contribution is 5.90. The minimum absolute atomic E-state index is 0.0542. The highest BCUT2D eigenvalue weighted by Crippen LogP contribution is 2.08. The van der Waals surface area contributed by atoms with Crippen molar-refractivity contribution in [2.24, 2.45) is 0 Å². The van der Waals surface area contributed by atoms with Crippen molar-refractivity contribution in [2.45, 2.75) is 26.4 Å². The molecule has 0 fully saturated rings. The molecular formula is C13H15FO4. The quantitative estimate of drug-likeness (QED) is 0.777. The lowest BCUT2D eigenvalue weighted by Gasteiger charge is -2.19. The van der Waals surface area contributed by atoms with Gasteiger partial charge in [-0.1, -0.05) is 6.07 Å². The molecule has 1 aromatic rings. The molecule has 0 saturated heterocycles. The molecule has 0 N–H and O–H groups in total. The van der Waals surface area contributed by atoms with Gasteiger partial charge in [0.15, 0.2) is 6.61 Å². The van der Waals surface area contributed by atoms with Gasteiger partial charge in [0.05, 0.1) is 5.56 Å². The van der Waals surface area contributed by atoms with Crippen LogP contribution in [-0.4, -0.2) is 24.1 Å². The van der Waals surface area contributed by atoms with E-state index in [1.54, 1.807) is 20.8 Å². The van der Waals surface area contributed by atoms with Crippen molar-refractivity contribution in [1.82, 2.24) is 0 Å². The molecule has 0 radical (unpaired) electrons. The van der Waals surface area contributed by atoms with E-state index < -0.39 is 30.0 Å². The molecule has 1 rings (SSSR count). The van der Waals surface area contributed by atoms with Gasteiger partial charge in [-0.15, -0.1) is 0 Å². The van der Waals surface area contributed by atoms with Crippen molar-refractivity contribution >= 4 is 11.9 Å². The highest BCUT2D eigenvalue weighted by atomic mass is 19.1. The molecule has 1 aromatic carbocycles. The van der Waals surface area contributed by atoms with Crippen LogP contribution in [0.5, 0.6) is 0 Å². The molecule has 0 atom stereocenters. The molecule has 0 heterocycles. The molecule has 0 amide bonds. The third-order valence-corrected chi connectivity index (χ3v) is 1.80. The molecule has 0 aliphatic rings. The molecule has 98 valence electrons. The number of halogens is 1. The molecule has 0 bridgehead atoms. The molecule has 0 aliphatic carbocycles. The number of carbonyl (C=O) groups is 2. The van der Waals surface area contributed by atoms with Crippen LogP contribution in [0.4, 0.5) is 4.39 Å². The monoisotopic (exact) mass is 254 g/mol. The Balaban J connectivity index is 2.49. The molecule has 0 aliphatic heterocycles. The number of carbonyl (C=O) groups excluding carboxylic acids is 2. The van der Waals surface area contributed by atoms with Crippen molar-refractivity contribution in [3.05, 3.63) is 35.6 Å². The second-order valence-electron chi connectivity index (χ2n) is 4.67. The summed E-state index contributed by atoms with van der Waals surface area (Å²) in [6.07, 6.45) is 0. The smallest absolute Gasteiger partial charge is 0.344 e. The van der Waals surface area contributed by atoms with E-state index in [4.69, 9.17) is 9.47 Å². The van der Waals surface area contributed by atoms with E-state index in [-0.39, 0.29) is 5.56 Å². The van der Waals surface area contributed by atoms with E-state index in [9.17, 15) is 14.0 Å². The van der Waals surface area contributed by atoms with Gasteiger partial charge in [0.25, 0.3) is 0 Å². The van der Waals surface area contributed by atoms with Crippen LogP contribution in [0.2, 0.25) is 0 Å². The summed E-state index contributed by atoms with van der Waals surface area (Å²) in [5.74, 6) is -1.95. The molecule has 5 heteroatoms. The Morgan fingerprint density at radius 1 is 1.28 bits per heavy atom. The van der Waals surface area contributed by atoms with Crippen LogP contribution in [-0.2, 0) is 14.3 Å². The van der Waals surface area contributed by atoms with Crippen molar-refractivity contribution in [3.8, 4) is 0 Å². The van der Waals surface area contributed by atoms with Crippen LogP contribution in [0.3, 0.4) is 0 Å². The fourth-order valence-corrected chi connectivity index (χ4v) is 1.19. The third kappa shape index (κ3) is 4.95. The van der Waals surface area contributed by atoms with E-state index in [0.717, 1.165) is 6.07 Å². The van der Waals surface area contributed by atoms with Crippen LogP contribution in [0, 0.1) is 5.82 Å². The fourth-order valence-electron chi connectivity index (χ4n) is 1.19. The number of esters is 2. The summed E-state index contributed by atoms with van der Waals surface area (Å²) in [7, 11) is 0. The second kappa shape index (κ2) is 5.62. The highest BCUT2D eigenvalue weighted by Gasteiger charge is 2.18. The summed E-state index contributed by atoms with van der Waals surface area (Å²) >= 11 is 0. The van der Waals surface area contributed by atoms with Gasteiger partial charge < -0.3 is 9.47 Å². The molecule has 0 spiro atoms. The number of benzene rings is 1. The molecule has 18 heavy (non-hydrogen) atoms. The van der Waals surface area contributed by atoms with Gasteiger partial charge in [0, 0.05) is 0 Å². The molecule has 0 unspecified atom stereocenters. The molecular weight excluding hydrogens is 239 g/mol. The molecule has 0 aromatic heterocycles. The standard InChI is InChI=1S/C13H15FO4/c1-13(2,3)18-11(15)8-17-12(16)9-5-4-6-10(14)7-9/h4-7H,8H2,1-3H3. The number of hydrogen-bond donors (Lipinski definition) is 0. The Kier molecular flexibility index (Phi) is 4.42. The zero-order valence-corrected chi connectivity index (χ0v) is 10.5. The minimum atomic E-state index is -0.764. The van der Waals surface area contributed by atoms with Gasteiger partial charge in [0.1, 0.15) is 11.4 Å². The minimum Gasteiger partial charge on any atom is -0.457 e. The lowest BCUT2D eigenvalue weighted by atomic mass is 10.2. The van der Waals surface area contributed by atoms with E-state index >= 15 is 0 Å². The SMILES string of the molecule is CC(C)(C)OC(=O)COC(=O)c1cccc(F)c1. The summed E-state index contributed by atoms with van der Waals surface area (Å²) in [4.78, 5) is 22.8. The first-order valence-electron chi connectivity index (χ1n) is 5.42. The van der Waals surface area contributed by atoms with Gasteiger partial charge in [-0.2, -0.15) is 0 Å². The third-order valence-electron chi connectivity index (χ3n) is 1.80. The van der Waals surface area contributed by atoms with Crippen LogP contribution in [0.1, 0.15) is 31.1 Å². The van der Waals surface area contributed by atoms with E-state index in [2.05, 4.69) is 0 Å². The zero-order valence-electron chi connectivity index (χ0n) is 10.5. The fraction of sp³-hybridized carbons (Fsp3) is 0.385. The van der Waals surface area contributed by atoms with Crippen LogP contribution in [0.15, 0.2) is 24.3 Å². The van der Waals surface area contributed by atoms with Gasteiger partial charge in [0.2, 0.25) is 0 Å². The Morgan fingerprint density at radius 2 is 1.94 bits per heavy atom. The normalized spacial score (nSPS) is 10.9. The van der Waals surface area contributed by atoms with Gasteiger partial charge >= 0.3 is 11.9 Å². The summed E-state index contributed by atoms with van der Waals surface area (Å²) in [6, 6.07) is 5.04. The number of ether oxygens (including phenoxy) is 2. The average Bonchev–Trinajstić information content (AvgIpc) is 2.23. The first kappa shape index (κ1) is 14.2. The van der Waals surface area contributed by atoms with Gasteiger partial charge in [-0.3, -0.25) is 0 Å². The maximum atomic E-state index is 12.8. The summed E-state index contributed by atoms with van der Waals surface area (Å²) < 4.78 is 22.5. The zero-order chi connectivity index (χ0) is 13.8. The Hall–Kier alpha value is -1.91. The van der Waals surface area contributed by atoms with Crippen LogP contribution in [0.25, 0.3) is 0 Å². The van der Waals surface area contributed by atoms with Gasteiger partial charge in [-0.05, 0) is 39.0 Å². The molecule has 0 saturated carbocycles. The predicted octanol–water partition coefficient (Wildman–Crippen LogP) is 2.32. The lowest BCUT2D eigenvalue weighted by molar-refractivity contribution is -0.158. The van der Waals surface area contributed by atoms with Crippen molar-refractivity contribution in [3.63, 3.8) is 0 Å². The van der Waals surface area contributed by atoms with E-state index in [1.807, 2.05) is 0 Å². The summed E-state index contributed by atoms with van der Waals surface area (Å²) in [5, 5.41) is 0. The molecule has 4 nitrogen and oxygen atoms in total. The Bertz CT molecular complexity index is 449. The second-order valence-corrected chi connectivity index (χ2v) is 4.67. The Labute approximate surface area is 105 Å². The van der Waals surface area contributed by atoms with Crippen LogP contribution < -0.4 is 0 Å². The van der Waals surface area contributed by atoms with Crippen LogP contribution >= 0.6 is 0 Å². The summed E-state index contributed by atoms with van der Waals surface area (Å²) in [5.41, 5.74) is -0.582. The number of rotatable bonds is 3. The Morgan fingerprint density at radius 3 is 2.50 bits per heavy atom. The van der Waals surface area contributed by atoms with Gasteiger partial charge in [-0.25, -0.2) is 14.0 Å². The first-order valence-corrected chi connectivity index (χ1v) is 5.42. The maximum Gasteiger partial charge on any atom is 0.344 e. The summed E-state index contributed by atoms with van der Waals surface area (Å²) in [6.45, 7) is 4.63. The van der Waals surface area contributed by atoms with Crippen molar-refractivity contribution < 1.29 is 23.5 Å². The predicted molar refractivity (Wildman–Crippen MR) is 62.5 cm³/mol. The van der Waals surface area contributed by atoms with E-state index in [1.165, 1.54) is 18.2 Å². The topological polar surface area (TPSA) is 52.6 Å². The largest absolute Gasteiger partial charge is 0.457 e. The lowest BCUT2D eigenvalue weighted by Crippen LogP contribution is -2.27. The number of hydrogen-bond acceptors (Lipinski definition) is 4. The average molecular weight is 254 g/mol. The first-order chi connectivity index (χ1) is 8.28. The van der Waals surface area contributed by atoms with E-state index in [0.29, 0.717) is 0 Å². The maximum absolute atomic E-state index is 12.8.